The van der Waals surface area contributed by atoms with Crippen molar-refractivity contribution in [1.29, 1.82) is 0 Å². The molecular weight excluding hydrogens is 449 g/mol. The Labute approximate surface area is 186 Å². The highest BCUT2D eigenvalue weighted by Crippen LogP contribution is 2.37. The number of nitro benzene ring substituents is 1. The lowest BCUT2D eigenvalue weighted by Crippen LogP contribution is -2.25. The van der Waals surface area contributed by atoms with Gasteiger partial charge < -0.3 is 14.6 Å². The van der Waals surface area contributed by atoms with Crippen LogP contribution in [0.3, 0.4) is 0 Å². The number of hydrogen-bond donors (Lipinski definition) is 1. The third kappa shape index (κ3) is 5.41. The third-order valence-electron chi connectivity index (χ3n) is 5.26. The van der Waals surface area contributed by atoms with Crippen molar-refractivity contribution in [2.24, 2.45) is 0 Å². The number of aromatic nitrogens is 2. The van der Waals surface area contributed by atoms with Crippen molar-refractivity contribution >= 4 is 29.0 Å². The van der Waals surface area contributed by atoms with Crippen molar-refractivity contribution in [2.75, 3.05) is 11.9 Å². The smallest absolute Gasteiger partial charge is 0.376 e. The first kappa shape index (κ1) is 24.1. The summed E-state index contributed by atoms with van der Waals surface area (Å²) in [6.07, 6.45) is -2.90. The van der Waals surface area contributed by atoms with E-state index in [0.717, 1.165) is 48.1 Å². The van der Waals surface area contributed by atoms with Gasteiger partial charge in [-0.05, 0) is 39.7 Å². The van der Waals surface area contributed by atoms with Crippen LogP contribution in [-0.2, 0) is 22.3 Å². The summed E-state index contributed by atoms with van der Waals surface area (Å²) in [6.45, 7) is 6.62. The van der Waals surface area contributed by atoms with Crippen molar-refractivity contribution in [1.82, 2.24) is 9.55 Å². The van der Waals surface area contributed by atoms with E-state index in [9.17, 15) is 28.1 Å². The van der Waals surface area contributed by atoms with Gasteiger partial charge in [0.05, 0.1) is 39.8 Å². The van der Waals surface area contributed by atoms with Crippen LogP contribution in [0.25, 0.3) is 0 Å². The van der Waals surface area contributed by atoms with Gasteiger partial charge in [0.25, 0.3) is 5.69 Å². The summed E-state index contributed by atoms with van der Waals surface area (Å²) in [5, 5.41) is 12.9. The number of rotatable bonds is 7. The molecule has 0 aliphatic carbocycles. The van der Waals surface area contributed by atoms with Gasteiger partial charge in [0, 0.05) is 24.4 Å². The van der Waals surface area contributed by atoms with Crippen molar-refractivity contribution in [3.8, 4) is 0 Å². The number of nitrogens with one attached hydrogen (secondary N) is 1. The second kappa shape index (κ2) is 9.49. The molecule has 1 saturated heterocycles. The number of hydrogen-bond acceptors (Lipinski definition) is 6. The highest BCUT2D eigenvalue weighted by Gasteiger charge is 2.36. The van der Waals surface area contributed by atoms with Gasteiger partial charge in [-0.3, -0.25) is 14.9 Å². The van der Waals surface area contributed by atoms with Crippen LogP contribution in [0.15, 0.2) is 23.4 Å². The number of carbonyl (C=O) groups is 1. The van der Waals surface area contributed by atoms with E-state index in [0.29, 0.717) is 24.4 Å². The summed E-state index contributed by atoms with van der Waals surface area (Å²) in [5.74, 6) is -0.670. The number of aryl methyl sites for hydroxylation is 1. The lowest BCUT2D eigenvalue weighted by molar-refractivity contribution is -0.385. The van der Waals surface area contributed by atoms with Crippen LogP contribution < -0.4 is 5.32 Å². The van der Waals surface area contributed by atoms with E-state index in [1.165, 1.54) is 0 Å². The molecule has 3 rings (SSSR count). The molecule has 1 aliphatic heterocycles. The minimum absolute atomic E-state index is 0.0558. The number of alkyl halides is 3. The summed E-state index contributed by atoms with van der Waals surface area (Å²) in [4.78, 5) is 27.1. The van der Waals surface area contributed by atoms with Gasteiger partial charge in [0.1, 0.15) is 0 Å². The number of carbonyl (C=O) groups excluding carboxylic acids is 1. The van der Waals surface area contributed by atoms with Crippen LogP contribution in [0, 0.1) is 24.0 Å². The first-order valence-corrected chi connectivity index (χ1v) is 10.8. The second-order valence-corrected chi connectivity index (χ2v) is 8.85. The first-order chi connectivity index (χ1) is 15.0. The van der Waals surface area contributed by atoms with Crippen LogP contribution in [0.1, 0.15) is 36.7 Å². The number of benzene rings is 1. The van der Waals surface area contributed by atoms with Crippen LogP contribution in [0.4, 0.5) is 24.5 Å². The third-order valence-corrected chi connectivity index (χ3v) is 6.35. The average molecular weight is 472 g/mol. The summed E-state index contributed by atoms with van der Waals surface area (Å²) < 4.78 is 47.8. The number of non-ortho nitro benzene ring substituents is 1. The standard InChI is InChI=1S/C20H23F3N4O4S/c1-11-12(2)26(10-15-5-4-8-31-15)19(24-11)32-13(3)18(28)25-17-7-6-14(27(29)30)9-16(17)20(21,22)23/h6-7,9,13,15H,4-5,8,10H2,1-3H3,(H,25,28). The maximum Gasteiger partial charge on any atom is 0.418 e. The van der Waals surface area contributed by atoms with Gasteiger partial charge in [0.2, 0.25) is 5.91 Å². The maximum atomic E-state index is 13.4. The van der Waals surface area contributed by atoms with Gasteiger partial charge >= 0.3 is 6.18 Å². The Morgan fingerprint density at radius 2 is 2.16 bits per heavy atom. The van der Waals surface area contributed by atoms with Gasteiger partial charge in [0.15, 0.2) is 5.16 Å². The van der Waals surface area contributed by atoms with E-state index in [1.807, 2.05) is 18.4 Å². The Hall–Kier alpha value is -2.60. The fourth-order valence-electron chi connectivity index (χ4n) is 3.36. The molecule has 2 atom stereocenters. The highest BCUT2D eigenvalue weighted by molar-refractivity contribution is 8.00. The zero-order valence-corrected chi connectivity index (χ0v) is 18.5. The number of halogens is 3. The van der Waals surface area contributed by atoms with Crippen molar-refractivity contribution in [3.05, 3.63) is 45.3 Å². The molecule has 1 aliphatic rings. The molecule has 0 bridgehead atoms. The molecule has 12 heteroatoms. The molecule has 2 aromatic rings. The minimum atomic E-state index is -4.86. The van der Waals surface area contributed by atoms with Gasteiger partial charge in [-0.25, -0.2) is 4.98 Å². The van der Waals surface area contributed by atoms with Crippen LogP contribution >= 0.6 is 11.8 Å². The number of nitro groups is 1. The topological polar surface area (TPSA) is 99.3 Å². The monoisotopic (exact) mass is 472 g/mol. The predicted molar refractivity (Wildman–Crippen MR) is 113 cm³/mol. The number of amides is 1. The Morgan fingerprint density at radius 3 is 2.75 bits per heavy atom. The lowest BCUT2D eigenvalue weighted by Gasteiger charge is -2.18. The molecule has 8 nitrogen and oxygen atoms in total. The van der Waals surface area contributed by atoms with E-state index in [2.05, 4.69) is 10.3 Å². The molecule has 174 valence electrons. The average Bonchev–Trinajstić information content (AvgIpc) is 3.31. The number of thioether (sulfide) groups is 1. The zero-order chi connectivity index (χ0) is 23.6. The Balaban J connectivity index is 1.77. The molecule has 2 unspecified atom stereocenters. The molecule has 2 heterocycles. The largest absolute Gasteiger partial charge is 0.418 e. The molecule has 0 saturated carbocycles. The van der Waals surface area contributed by atoms with Gasteiger partial charge in [-0.1, -0.05) is 11.8 Å². The van der Waals surface area contributed by atoms with Crippen molar-refractivity contribution in [2.45, 2.75) is 62.8 Å². The second-order valence-electron chi connectivity index (χ2n) is 7.54. The van der Waals surface area contributed by atoms with E-state index in [1.54, 1.807) is 6.92 Å². The van der Waals surface area contributed by atoms with Crippen LogP contribution in [-0.4, -0.2) is 38.3 Å². The summed E-state index contributed by atoms with van der Waals surface area (Å²) in [7, 11) is 0. The predicted octanol–water partition coefficient (Wildman–Crippen LogP) is 4.73. The lowest BCUT2D eigenvalue weighted by atomic mass is 10.1. The Morgan fingerprint density at radius 1 is 1.44 bits per heavy atom. The highest BCUT2D eigenvalue weighted by atomic mass is 32.2. The SMILES string of the molecule is Cc1nc(SC(C)C(=O)Nc2ccc([N+](=O)[O-])cc2C(F)(F)F)n(CC2CCCO2)c1C. The number of nitrogens with zero attached hydrogens (tertiary/aromatic N) is 3. The van der Waals surface area contributed by atoms with Crippen LogP contribution in [0.2, 0.25) is 0 Å². The minimum Gasteiger partial charge on any atom is -0.376 e. The van der Waals surface area contributed by atoms with Crippen LogP contribution in [0.5, 0.6) is 0 Å². The molecule has 32 heavy (non-hydrogen) atoms. The summed E-state index contributed by atoms with van der Waals surface area (Å²) in [6, 6.07) is 2.22. The number of anilines is 1. The van der Waals surface area contributed by atoms with E-state index < -0.39 is 39.2 Å². The van der Waals surface area contributed by atoms with Crippen molar-refractivity contribution in [3.63, 3.8) is 0 Å². The molecule has 1 amide bonds. The maximum absolute atomic E-state index is 13.4. The Bertz CT molecular complexity index is 1020. The van der Waals surface area contributed by atoms with E-state index in [4.69, 9.17) is 4.74 Å². The van der Waals surface area contributed by atoms with E-state index >= 15 is 0 Å². The molecule has 1 aromatic carbocycles. The summed E-state index contributed by atoms with van der Waals surface area (Å²) in [5.41, 5.74) is -0.780. The molecule has 0 radical (unpaired) electrons. The fourth-order valence-corrected chi connectivity index (χ4v) is 4.37. The number of imidazole rings is 1. The normalized spacial score (nSPS) is 17.4. The van der Waals surface area contributed by atoms with Gasteiger partial charge in [-0.15, -0.1) is 0 Å². The van der Waals surface area contributed by atoms with Crippen molar-refractivity contribution < 1.29 is 27.6 Å². The molecule has 1 aromatic heterocycles. The molecule has 0 spiro atoms. The van der Waals surface area contributed by atoms with E-state index in [-0.39, 0.29) is 6.10 Å². The molecular formula is C20H23F3N4O4S. The number of ether oxygens (including phenoxy) is 1. The quantitative estimate of drug-likeness (QED) is 0.356. The Kier molecular flexibility index (Phi) is 7.13. The molecule has 1 fully saturated rings. The first-order valence-electron chi connectivity index (χ1n) is 9.96. The van der Waals surface area contributed by atoms with Gasteiger partial charge in [-0.2, -0.15) is 13.2 Å². The summed E-state index contributed by atoms with van der Waals surface area (Å²) >= 11 is 1.13. The zero-order valence-electron chi connectivity index (χ0n) is 17.7. The fraction of sp³-hybridized carbons (Fsp3) is 0.500. The molecule has 1 N–H and O–H groups in total.